The van der Waals surface area contributed by atoms with Gasteiger partial charge in [-0.15, -0.1) is 0 Å². The van der Waals surface area contributed by atoms with Crippen molar-refractivity contribution in [3.05, 3.63) is 65.9 Å². The minimum Gasteiger partial charge on any atom is -0.466 e. The largest absolute Gasteiger partial charge is 0.466 e. The molecule has 0 fully saturated rings. The summed E-state index contributed by atoms with van der Waals surface area (Å²) < 4.78 is 7.06. The quantitative estimate of drug-likeness (QED) is 0.671. The highest BCUT2D eigenvalue weighted by Crippen LogP contribution is 2.20. The molecule has 0 unspecified atom stereocenters. The van der Waals surface area contributed by atoms with Crippen molar-refractivity contribution < 1.29 is 14.0 Å². The fourth-order valence-corrected chi connectivity index (χ4v) is 2.69. The van der Waals surface area contributed by atoms with E-state index in [1.807, 2.05) is 37.3 Å². The molecule has 0 aliphatic carbocycles. The minimum atomic E-state index is -0.141. The standard InChI is InChI=1S/C20H22N4O3/c1-14-6-7-18(27-14)8-9-22-20(26)16-5-3-4-15(10-16)17-11-23-24(12-17)13-19(25)21-2/h3-7,10-12H,8-9,13H2,1-2H3,(H,21,25)(H,22,26). The van der Waals surface area contributed by atoms with Crippen LogP contribution in [-0.2, 0) is 17.8 Å². The van der Waals surface area contributed by atoms with Crippen molar-refractivity contribution in [1.29, 1.82) is 0 Å². The molecule has 7 heteroatoms. The number of aryl methyl sites for hydroxylation is 1. The van der Waals surface area contributed by atoms with Crippen LogP contribution >= 0.6 is 0 Å². The number of nitrogens with one attached hydrogen (secondary N) is 2. The maximum atomic E-state index is 12.4. The molecule has 140 valence electrons. The molecule has 3 rings (SSSR count). The van der Waals surface area contributed by atoms with Gasteiger partial charge in [0, 0.05) is 37.3 Å². The summed E-state index contributed by atoms with van der Waals surface area (Å²) in [6.45, 7) is 2.55. The van der Waals surface area contributed by atoms with Crippen LogP contribution in [0, 0.1) is 6.92 Å². The number of carbonyl (C=O) groups is 2. The van der Waals surface area contributed by atoms with Gasteiger partial charge in [-0.1, -0.05) is 12.1 Å². The molecule has 3 aromatic rings. The molecule has 0 spiro atoms. The summed E-state index contributed by atoms with van der Waals surface area (Å²) in [6.07, 6.45) is 4.11. The van der Waals surface area contributed by atoms with Gasteiger partial charge in [-0.25, -0.2) is 0 Å². The first-order valence-electron chi connectivity index (χ1n) is 8.72. The van der Waals surface area contributed by atoms with Crippen LogP contribution in [0.25, 0.3) is 11.1 Å². The Morgan fingerprint density at radius 1 is 1.19 bits per heavy atom. The number of furan rings is 1. The zero-order chi connectivity index (χ0) is 19.2. The van der Waals surface area contributed by atoms with E-state index in [1.165, 1.54) is 0 Å². The molecule has 7 nitrogen and oxygen atoms in total. The van der Waals surface area contributed by atoms with Crippen molar-refractivity contribution in [3.63, 3.8) is 0 Å². The molecule has 0 atom stereocenters. The van der Waals surface area contributed by atoms with E-state index in [-0.39, 0.29) is 18.4 Å². The smallest absolute Gasteiger partial charge is 0.251 e. The van der Waals surface area contributed by atoms with E-state index in [0.29, 0.717) is 18.5 Å². The molecule has 0 saturated heterocycles. The Bertz CT molecular complexity index is 942. The molecular weight excluding hydrogens is 344 g/mol. The number of hydrogen-bond acceptors (Lipinski definition) is 4. The Morgan fingerprint density at radius 3 is 2.78 bits per heavy atom. The Hall–Kier alpha value is -3.35. The predicted octanol–water partition coefficient (Wildman–Crippen LogP) is 2.17. The van der Waals surface area contributed by atoms with Crippen molar-refractivity contribution in [2.45, 2.75) is 19.9 Å². The number of amides is 2. The molecule has 1 aromatic carbocycles. The highest BCUT2D eigenvalue weighted by molar-refractivity contribution is 5.95. The van der Waals surface area contributed by atoms with Crippen LogP contribution in [0.5, 0.6) is 0 Å². The summed E-state index contributed by atoms with van der Waals surface area (Å²) in [5, 5.41) is 9.65. The lowest BCUT2D eigenvalue weighted by molar-refractivity contribution is -0.121. The topological polar surface area (TPSA) is 89.2 Å². The molecule has 0 radical (unpaired) electrons. The third-order valence-electron chi connectivity index (χ3n) is 4.13. The molecule has 0 bridgehead atoms. The SMILES string of the molecule is CNC(=O)Cn1cc(-c2cccc(C(=O)NCCc3ccc(C)o3)c2)cn1. The van der Waals surface area contributed by atoms with Gasteiger partial charge in [-0.2, -0.15) is 5.10 Å². The van der Waals surface area contributed by atoms with E-state index in [1.54, 1.807) is 30.2 Å². The summed E-state index contributed by atoms with van der Waals surface area (Å²) >= 11 is 0. The lowest BCUT2D eigenvalue weighted by Crippen LogP contribution is -2.25. The van der Waals surface area contributed by atoms with Gasteiger partial charge in [0.05, 0.1) is 6.20 Å². The molecule has 2 N–H and O–H groups in total. The number of likely N-dealkylation sites (N-methyl/N-ethyl adjacent to an activating group) is 1. The van der Waals surface area contributed by atoms with Crippen molar-refractivity contribution >= 4 is 11.8 Å². The van der Waals surface area contributed by atoms with Gasteiger partial charge in [0.1, 0.15) is 18.1 Å². The first kappa shape index (κ1) is 18.4. The summed E-state index contributed by atoms with van der Waals surface area (Å²) in [5.41, 5.74) is 2.29. The Balaban J connectivity index is 1.62. The zero-order valence-corrected chi connectivity index (χ0v) is 15.4. The second kappa shape index (κ2) is 8.35. The van der Waals surface area contributed by atoms with Crippen LogP contribution in [0.2, 0.25) is 0 Å². The number of nitrogens with zero attached hydrogens (tertiary/aromatic N) is 2. The summed E-state index contributed by atoms with van der Waals surface area (Å²) in [7, 11) is 1.59. The highest BCUT2D eigenvalue weighted by Gasteiger charge is 2.09. The second-order valence-corrected chi connectivity index (χ2v) is 6.20. The third-order valence-corrected chi connectivity index (χ3v) is 4.13. The van der Waals surface area contributed by atoms with Gasteiger partial charge >= 0.3 is 0 Å². The molecule has 0 saturated carbocycles. The normalized spacial score (nSPS) is 10.6. The fraction of sp³-hybridized carbons (Fsp3) is 0.250. The number of benzene rings is 1. The van der Waals surface area contributed by atoms with E-state index in [4.69, 9.17) is 4.42 Å². The summed E-state index contributed by atoms with van der Waals surface area (Å²) in [4.78, 5) is 23.8. The molecule has 2 amide bonds. The average Bonchev–Trinajstić information content (AvgIpc) is 3.30. The molecule has 2 heterocycles. The number of hydrogen-bond donors (Lipinski definition) is 2. The molecule has 0 aliphatic rings. The van der Waals surface area contributed by atoms with Crippen molar-refractivity contribution in [1.82, 2.24) is 20.4 Å². The lowest BCUT2D eigenvalue weighted by Gasteiger charge is -2.06. The van der Waals surface area contributed by atoms with Gasteiger partial charge in [0.2, 0.25) is 5.91 Å². The number of aromatic nitrogens is 2. The third kappa shape index (κ3) is 4.84. The Labute approximate surface area is 157 Å². The molecule has 0 aliphatic heterocycles. The Kier molecular flexibility index (Phi) is 5.71. The number of rotatable bonds is 7. The van der Waals surface area contributed by atoms with Crippen LogP contribution in [0.15, 0.2) is 53.2 Å². The van der Waals surface area contributed by atoms with E-state index in [2.05, 4.69) is 15.7 Å². The molecule has 2 aromatic heterocycles. The summed E-state index contributed by atoms with van der Waals surface area (Å²) in [6, 6.07) is 11.1. The van der Waals surface area contributed by atoms with Crippen molar-refractivity contribution in [2.24, 2.45) is 0 Å². The highest BCUT2D eigenvalue weighted by atomic mass is 16.3. The van der Waals surface area contributed by atoms with E-state index < -0.39 is 0 Å². The van der Waals surface area contributed by atoms with Crippen LogP contribution in [0.1, 0.15) is 21.9 Å². The lowest BCUT2D eigenvalue weighted by atomic mass is 10.1. The van der Waals surface area contributed by atoms with E-state index >= 15 is 0 Å². The number of carbonyl (C=O) groups excluding carboxylic acids is 2. The van der Waals surface area contributed by atoms with Gasteiger partial charge in [0.15, 0.2) is 0 Å². The van der Waals surface area contributed by atoms with Crippen molar-refractivity contribution in [3.8, 4) is 11.1 Å². The average molecular weight is 366 g/mol. The van der Waals surface area contributed by atoms with Gasteiger partial charge < -0.3 is 15.1 Å². The molecule has 27 heavy (non-hydrogen) atoms. The van der Waals surface area contributed by atoms with Gasteiger partial charge in [-0.05, 0) is 36.8 Å². The van der Waals surface area contributed by atoms with Crippen LogP contribution in [0.4, 0.5) is 0 Å². The van der Waals surface area contributed by atoms with Crippen molar-refractivity contribution in [2.75, 3.05) is 13.6 Å². The van der Waals surface area contributed by atoms with Crippen LogP contribution < -0.4 is 10.6 Å². The minimum absolute atomic E-state index is 0.121. The monoisotopic (exact) mass is 366 g/mol. The fourth-order valence-electron chi connectivity index (χ4n) is 2.69. The second-order valence-electron chi connectivity index (χ2n) is 6.20. The Morgan fingerprint density at radius 2 is 2.04 bits per heavy atom. The van der Waals surface area contributed by atoms with Gasteiger partial charge in [-0.3, -0.25) is 14.3 Å². The van der Waals surface area contributed by atoms with Gasteiger partial charge in [0.25, 0.3) is 5.91 Å². The predicted molar refractivity (Wildman–Crippen MR) is 101 cm³/mol. The van der Waals surface area contributed by atoms with Crippen LogP contribution in [-0.4, -0.2) is 35.2 Å². The van der Waals surface area contributed by atoms with E-state index in [9.17, 15) is 9.59 Å². The maximum absolute atomic E-state index is 12.4. The summed E-state index contributed by atoms with van der Waals surface area (Å²) in [5.74, 6) is 1.45. The molecular formula is C20H22N4O3. The zero-order valence-electron chi connectivity index (χ0n) is 15.4. The first-order valence-corrected chi connectivity index (χ1v) is 8.72. The van der Waals surface area contributed by atoms with Crippen LogP contribution in [0.3, 0.4) is 0 Å². The van der Waals surface area contributed by atoms with E-state index in [0.717, 1.165) is 22.6 Å². The first-order chi connectivity index (χ1) is 13.0. The maximum Gasteiger partial charge on any atom is 0.251 e.